The number of sulfonamides is 1. The van der Waals surface area contributed by atoms with Crippen LogP contribution in [0.5, 0.6) is 5.75 Å². The van der Waals surface area contributed by atoms with Crippen LogP contribution >= 0.6 is 0 Å². The number of rotatable bonds is 10. The van der Waals surface area contributed by atoms with E-state index in [9.17, 15) is 13.2 Å². The third-order valence-electron chi connectivity index (χ3n) is 3.68. The van der Waals surface area contributed by atoms with Crippen molar-refractivity contribution in [3.05, 3.63) is 18.2 Å². The minimum Gasteiger partial charge on any atom is -0.492 e. The van der Waals surface area contributed by atoms with Crippen molar-refractivity contribution in [2.24, 2.45) is 5.73 Å². The molecule has 7 nitrogen and oxygen atoms in total. The molecule has 0 aliphatic rings. The molecule has 3 N–H and O–H groups in total. The van der Waals surface area contributed by atoms with E-state index in [2.05, 4.69) is 5.32 Å². The molecule has 1 rings (SSSR count). The van der Waals surface area contributed by atoms with Crippen LogP contribution in [0.15, 0.2) is 23.1 Å². The first-order chi connectivity index (χ1) is 11.8. The van der Waals surface area contributed by atoms with E-state index in [1.807, 2.05) is 6.92 Å². The normalized spacial score (nSPS) is 12.9. The van der Waals surface area contributed by atoms with Gasteiger partial charge in [0.25, 0.3) is 0 Å². The smallest absolute Gasteiger partial charge is 0.246 e. The molecule has 1 amide bonds. The molecule has 1 atom stereocenters. The summed E-state index contributed by atoms with van der Waals surface area (Å²) >= 11 is 0. The van der Waals surface area contributed by atoms with Gasteiger partial charge in [-0.3, -0.25) is 4.79 Å². The van der Waals surface area contributed by atoms with Crippen molar-refractivity contribution >= 4 is 21.6 Å². The highest BCUT2D eigenvalue weighted by atomic mass is 32.2. The van der Waals surface area contributed by atoms with Gasteiger partial charge in [-0.15, -0.1) is 0 Å². The minimum absolute atomic E-state index is 0.0584. The first-order valence-electron chi connectivity index (χ1n) is 8.58. The number of nitrogens with one attached hydrogen (secondary N) is 1. The summed E-state index contributed by atoms with van der Waals surface area (Å²) in [6, 6.07) is 4.59. The number of benzene rings is 1. The number of ether oxygens (including phenoxy) is 1. The van der Waals surface area contributed by atoms with E-state index >= 15 is 0 Å². The molecule has 8 heteroatoms. The molecule has 0 bridgehead atoms. The van der Waals surface area contributed by atoms with E-state index < -0.39 is 10.0 Å². The monoisotopic (exact) mass is 371 g/mol. The van der Waals surface area contributed by atoms with Gasteiger partial charge in [0.2, 0.25) is 15.9 Å². The van der Waals surface area contributed by atoms with Gasteiger partial charge < -0.3 is 15.8 Å². The van der Waals surface area contributed by atoms with Gasteiger partial charge in [0.05, 0.1) is 6.61 Å². The van der Waals surface area contributed by atoms with Crippen molar-refractivity contribution in [3.8, 4) is 5.75 Å². The highest BCUT2D eigenvalue weighted by molar-refractivity contribution is 7.89. The second-order valence-electron chi connectivity index (χ2n) is 5.75. The number of anilines is 1. The molecule has 0 saturated carbocycles. The fourth-order valence-electron chi connectivity index (χ4n) is 2.35. The van der Waals surface area contributed by atoms with Crippen molar-refractivity contribution in [2.75, 3.05) is 25.0 Å². The third kappa shape index (κ3) is 5.98. The van der Waals surface area contributed by atoms with Crippen molar-refractivity contribution < 1.29 is 17.9 Å². The molecule has 0 heterocycles. The largest absolute Gasteiger partial charge is 0.492 e. The fourth-order valence-corrected chi connectivity index (χ4v) is 3.96. The Kier molecular flexibility index (Phi) is 8.34. The second-order valence-corrected chi connectivity index (χ2v) is 7.65. The van der Waals surface area contributed by atoms with Crippen molar-refractivity contribution in [2.45, 2.75) is 51.5 Å². The number of nitrogens with two attached hydrogens (primary N) is 1. The number of hydrogen-bond donors (Lipinski definition) is 2. The molecule has 1 aromatic rings. The minimum atomic E-state index is -3.70. The van der Waals surface area contributed by atoms with Gasteiger partial charge >= 0.3 is 0 Å². The van der Waals surface area contributed by atoms with Crippen LogP contribution in [-0.4, -0.2) is 44.4 Å². The summed E-state index contributed by atoms with van der Waals surface area (Å²) in [7, 11) is -3.70. The van der Waals surface area contributed by atoms with Gasteiger partial charge in [0, 0.05) is 31.2 Å². The van der Waals surface area contributed by atoms with Crippen LogP contribution in [0.1, 0.15) is 40.5 Å². The zero-order chi connectivity index (χ0) is 19.0. The van der Waals surface area contributed by atoms with Crippen LogP contribution in [-0.2, 0) is 14.8 Å². The maximum Gasteiger partial charge on any atom is 0.246 e. The van der Waals surface area contributed by atoms with Crippen LogP contribution in [0.4, 0.5) is 5.69 Å². The molecule has 0 fully saturated rings. The molecule has 0 aliphatic carbocycles. The van der Waals surface area contributed by atoms with Gasteiger partial charge in [0.15, 0.2) is 0 Å². The zero-order valence-electron chi connectivity index (χ0n) is 15.4. The molecule has 0 aromatic heterocycles. The average molecular weight is 372 g/mol. The summed E-state index contributed by atoms with van der Waals surface area (Å²) in [5, 5.41) is 2.72. The first kappa shape index (κ1) is 21.4. The van der Waals surface area contributed by atoms with Crippen LogP contribution in [0.25, 0.3) is 0 Å². The number of nitrogens with zero attached hydrogens (tertiary/aromatic N) is 1. The number of carbonyl (C=O) groups excluding carboxylic acids is 1. The highest BCUT2D eigenvalue weighted by Crippen LogP contribution is 2.30. The van der Waals surface area contributed by atoms with Crippen LogP contribution in [0.2, 0.25) is 0 Å². The molecule has 0 radical (unpaired) electrons. The molecule has 1 aromatic carbocycles. The number of hydrogen-bond acceptors (Lipinski definition) is 5. The molecule has 142 valence electrons. The van der Waals surface area contributed by atoms with Gasteiger partial charge in [-0.2, -0.15) is 4.31 Å². The summed E-state index contributed by atoms with van der Waals surface area (Å²) in [5.41, 5.74) is 6.07. The number of amides is 1. The predicted molar refractivity (Wildman–Crippen MR) is 99.2 cm³/mol. The van der Waals surface area contributed by atoms with E-state index in [1.54, 1.807) is 32.9 Å². The summed E-state index contributed by atoms with van der Waals surface area (Å²) in [5.74, 6) is 0.0793. The lowest BCUT2D eigenvalue weighted by Gasteiger charge is -2.21. The summed E-state index contributed by atoms with van der Waals surface area (Å²) < 4.78 is 32.5. The van der Waals surface area contributed by atoms with Crippen molar-refractivity contribution in [1.82, 2.24) is 4.31 Å². The lowest BCUT2D eigenvalue weighted by molar-refractivity contribution is -0.116. The quantitative estimate of drug-likeness (QED) is 0.656. The van der Waals surface area contributed by atoms with Crippen molar-refractivity contribution in [1.29, 1.82) is 0 Å². The molecular formula is C17H29N3O4S. The number of carbonyl (C=O) groups is 1. The highest BCUT2D eigenvalue weighted by Gasteiger charge is 2.26. The Balaban J connectivity index is 3.15. The maximum atomic E-state index is 12.9. The van der Waals surface area contributed by atoms with Crippen LogP contribution in [0, 0.1) is 0 Å². The maximum absolute atomic E-state index is 12.9. The lowest BCUT2D eigenvalue weighted by Crippen LogP contribution is -2.31. The van der Waals surface area contributed by atoms with Crippen LogP contribution in [0.3, 0.4) is 0 Å². The summed E-state index contributed by atoms with van der Waals surface area (Å²) in [6.07, 6.45) is 0.844. The van der Waals surface area contributed by atoms with E-state index in [4.69, 9.17) is 10.5 Å². The molecule has 0 aliphatic heterocycles. The van der Waals surface area contributed by atoms with E-state index in [1.165, 1.54) is 10.4 Å². The Morgan fingerprint density at radius 2 is 1.92 bits per heavy atom. The fraction of sp³-hybridized carbons (Fsp3) is 0.588. The lowest BCUT2D eigenvalue weighted by atomic mass is 10.2. The second kappa shape index (κ2) is 9.74. The molecule has 1 unspecified atom stereocenters. The zero-order valence-corrected chi connectivity index (χ0v) is 16.2. The molecular weight excluding hydrogens is 342 g/mol. The average Bonchev–Trinajstić information content (AvgIpc) is 2.55. The Labute approximate surface area is 150 Å². The molecule has 0 saturated heterocycles. The molecule has 25 heavy (non-hydrogen) atoms. The Morgan fingerprint density at radius 3 is 2.44 bits per heavy atom. The van der Waals surface area contributed by atoms with Crippen LogP contribution < -0.4 is 15.8 Å². The Bertz CT molecular complexity index is 670. The summed E-state index contributed by atoms with van der Waals surface area (Å²) in [4.78, 5) is 12.0. The third-order valence-corrected chi connectivity index (χ3v) is 5.75. The Hall–Kier alpha value is -1.64. The first-order valence-corrected chi connectivity index (χ1v) is 10.0. The van der Waals surface area contributed by atoms with Gasteiger partial charge in [0.1, 0.15) is 10.6 Å². The summed E-state index contributed by atoms with van der Waals surface area (Å²) in [6.45, 7) is 8.24. The predicted octanol–water partition coefficient (Wildman–Crippen LogP) is 2.18. The topological polar surface area (TPSA) is 102 Å². The van der Waals surface area contributed by atoms with Crippen molar-refractivity contribution in [3.63, 3.8) is 0 Å². The van der Waals surface area contributed by atoms with E-state index in [0.29, 0.717) is 31.8 Å². The van der Waals surface area contributed by atoms with Gasteiger partial charge in [-0.05, 0) is 38.5 Å². The standard InChI is InChI=1S/C17H29N3O4S/c1-5-20(6-2)25(22,23)16-12-14(9-10-15(16)24-7-3)19-17(21)11-8-13(4)18/h9-10,12-13H,5-8,11,18H2,1-4H3,(H,19,21). The molecule has 0 spiro atoms. The van der Waals surface area contributed by atoms with E-state index in [0.717, 1.165) is 0 Å². The van der Waals surface area contributed by atoms with Gasteiger partial charge in [-0.25, -0.2) is 8.42 Å². The van der Waals surface area contributed by atoms with Gasteiger partial charge in [-0.1, -0.05) is 13.8 Å². The Morgan fingerprint density at radius 1 is 1.28 bits per heavy atom. The SMILES string of the molecule is CCOc1ccc(NC(=O)CCC(C)N)cc1S(=O)(=O)N(CC)CC. The van der Waals surface area contributed by atoms with E-state index in [-0.39, 0.29) is 29.0 Å².